The van der Waals surface area contributed by atoms with Gasteiger partial charge in [0, 0.05) is 16.8 Å². The third-order valence-electron chi connectivity index (χ3n) is 2.58. The van der Waals surface area contributed by atoms with Gasteiger partial charge in [0.15, 0.2) is 5.78 Å². The van der Waals surface area contributed by atoms with Gasteiger partial charge in [-0.25, -0.2) is 0 Å². The summed E-state index contributed by atoms with van der Waals surface area (Å²) >= 11 is 0. The highest BCUT2D eigenvalue weighted by molar-refractivity contribution is 6.09. The van der Waals surface area contributed by atoms with Gasteiger partial charge in [-0.05, 0) is 43.3 Å². The van der Waals surface area contributed by atoms with E-state index in [1.54, 1.807) is 48.5 Å². The molecule has 3 heteroatoms. The van der Waals surface area contributed by atoms with Crippen molar-refractivity contribution in [3.63, 3.8) is 0 Å². The first kappa shape index (κ1) is 12.2. The summed E-state index contributed by atoms with van der Waals surface area (Å²) in [6, 6.07) is 14.1. The number of carbonyl (C=O) groups is 1. The first-order chi connectivity index (χ1) is 8.70. The molecule has 0 saturated carbocycles. The molecule has 0 unspecified atom stereocenters. The smallest absolute Gasteiger partial charge is 0.193 e. The summed E-state index contributed by atoms with van der Waals surface area (Å²) in [6.45, 7) is 2.54. The summed E-state index contributed by atoms with van der Waals surface area (Å²) in [7, 11) is 0. The lowest BCUT2D eigenvalue weighted by atomic mass is 10.0. The standard InChI is InChI=1S/C15H15NO2/c1-2-18-14-8-6-11(7-9-14)15(17)12-4-3-5-13(16)10-12/h3-10H,2,16H2,1H3. The number of nitrogens with two attached hydrogens (primary N) is 1. The Morgan fingerprint density at radius 1 is 1.11 bits per heavy atom. The van der Waals surface area contributed by atoms with Crippen molar-refractivity contribution >= 4 is 11.5 Å². The number of benzene rings is 2. The normalized spacial score (nSPS) is 10.1. The van der Waals surface area contributed by atoms with Crippen LogP contribution in [0.5, 0.6) is 5.75 Å². The van der Waals surface area contributed by atoms with Gasteiger partial charge in [0.25, 0.3) is 0 Å². The van der Waals surface area contributed by atoms with E-state index >= 15 is 0 Å². The Balaban J connectivity index is 2.23. The van der Waals surface area contributed by atoms with Crippen LogP contribution in [0.15, 0.2) is 48.5 Å². The van der Waals surface area contributed by atoms with E-state index in [1.165, 1.54) is 0 Å². The predicted octanol–water partition coefficient (Wildman–Crippen LogP) is 2.90. The van der Waals surface area contributed by atoms with Gasteiger partial charge in [-0.1, -0.05) is 12.1 Å². The van der Waals surface area contributed by atoms with Crippen molar-refractivity contribution < 1.29 is 9.53 Å². The van der Waals surface area contributed by atoms with Gasteiger partial charge in [0.1, 0.15) is 5.75 Å². The Morgan fingerprint density at radius 2 is 1.83 bits per heavy atom. The maximum absolute atomic E-state index is 12.2. The molecule has 18 heavy (non-hydrogen) atoms. The fraction of sp³-hybridized carbons (Fsp3) is 0.133. The van der Waals surface area contributed by atoms with Crippen LogP contribution in [0, 0.1) is 0 Å². The quantitative estimate of drug-likeness (QED) is 0.661. The van der Waals surface area contributed by atoms with Gasteiger partial charge >= 0.3 is 0 Å². The fourth-order valence-electron chi connectivity index (χ4n) is 1.72. The molecular formula is C15H15NO2. The Bertz CT molecular complexity index is 547. The lowest BCUT2D eigenvalue weighted by Gasteiger charge is -2.05. The van der Waals surface area contributed by atoms with Gasteiger partial charge in [-0.3, -0.25) is 4.79 Å². The highest BCUT2D eigenvalue weighted by atomic mass is 16.5. The Morgan fingerprint density at radius 3 is 2.44 bits per heavy atom. The van der Waals surface area contributed by atoms with Crippen LogP contribution in [0.1, 0.15) is 22.8 Å². The lowest BCUT2D eigenvalue weighted by molar-refractivity contribution is 0.103. The molecule has 0 atom stereocenters. The third kappa shape index (κ3) is 2.69. The van der Waals surface area contributed by atoms with Crippen molar-refractivity contribution in [1.82, 2.24) is 0 Å². The Labute approximate surface area is 106 Å². The van der Waals surface area contributed by atoms with E-state index in [0.29, 0.717) is 23.4 Å². The van der Waals surface area contributed by atoms with Gasteiger partial charge in [-0.2, -0.15) is 0 Å². The maximum atomic E-state index is 12.2. The van der Waals surface area contributed by atoms with E-state index < -0.39 is 0 Å². The summed E-state index contributed by atoms with van der Waals surface area (Å²) in [4.78, 5) is 12.2. The molecule has 0 heterocycles. The van der Waals surface area contributed by atoms with Crippen molar-refractivity contribution in [3.8, 4) is 5.75 Å². The fourth-order valence-corrected chi connectivity index (χ4v) is 1.72. The average Bonchev–Trinajstić information content (AvgIpc) is 2.39. The molecule has 0 radical (unpaired) electrons. The molecule has 0 aliphatic carbocycles. The van der Waals surface area contributed by atoms with E-state index in [2.05, 4.69) is 0 Å². The van der Waals surface area contributed by atoms with E-state index in [-0.39, 0.29) is 5.78 Å². The van der Waals surface area contributed by atoms with Crippen LogP contribution < -0.4 is 10.5 Å². The van der Waals surface area contributed by atoms with Gasteiger partial charge < -0.3 is 10.5 Å². The topological polar surface area (TPSA) is 52.3 Å². The summed E-state index contributed by atoms with van der Waals surface area (Å²) in [5.41, 5.74) is 7.48. The molecule has 0 aromatic heterocycles. The summed E-state index contributed by atoms with van der Waals surface area (Å²) in [5.74, 6) is 0.729. The Kier molecular flexibility index (Phi) is 3.63. The van der Waals surface area contributed by atoms with Crippen molar-refractivity contribution in [1.29, 1.82) is 0 Å². The van der Waals surface area contributed by atoms with E-state index in [9.17, 15) is 4.79 Å². The SMILES string of the molecule is CCOc1ccc(C(=O)c2cccc(N)c2)cc1. The molecule has 2 rings (SSSR count). The minimum absolute atomic E-state index is 0.0367. The number of anilines is 1. The molecule has 2 aromatic rings. The minimum atomic E-state index is -0.0367. The van der Waals surface area contributed by atoms with Crippen molar-refractivity contribution in [2.45, 2.75) is 6.92 Å². The summed E-state index contributed by atoms with van der Waals surface area (Å²) in [5, 5.41) is 0. The largest absolute Gasteiger partial charge is 0.494 e. The van der Waals surface area contributed by atoms with Crippen molar-refractivity contribution in [2.75, 3.05) is 12.3 Å². The van der Waals surface area contributed by atoms with Crippen LogP contribution in [0.2, 0.25) is 0 Å². The van der Waals surface area contributed by atoms with Gasteiger partial charge in [0.2, 0.25) is 0 Å². The second kappa shape index (κ2) is 5.36. The molecule has 0 amide bonds. The number of ketones is 1. The lowest BCUT2D eigenvalue weighted by Crippen LogP contribution is -2.02. The molecule has 0 spiro atoms. The number of carbonyl (C=O) groups excluding carboxylic acids is 1. The molecule has 2 aromatic carbocycles. The molecule has 0 aliphatic rings. The zero-order valence-corrected chi connectivity index (χ0v) is 10.2. The van der Waals surface area contributed by atoms with E-state index in [4.69, 9.17) is 10.5 Å². The second-order valence-electron chi connectivity index (χ2n) is 3.91. The number of ether oxygens (including phenoxy) is 1. The molecule has 92 valence electrons. The first-order valence-electron chi connectivity index (χ1n) is 5.84. The molecule has 0 aliphatic heterocycles. The van der Waals surface area contributed by atoms with Crippen LogP contribution in [0.25, 0.3) is 0 Å². The molecular weight excluding hydrogens is 226 g/mol. The second-order valence-corrected chi connectivity index (χ2v) is 3.91. The van der Waals surface area contributed by atoms with Crippen LogP contribution in [0.3, 0.4) is 0 Å². The van der Waals surface area contributed by atoms with Crippen molar-refractivity contribution in [3.05, 3.63) is 59.7 Å². The molecule has 0 bridgehead atoms. The monoisotopic (exact) mass is 241 g/mol. The predicted molar refractivity (Wildman–Crippen MR) is 71.9 cm³/mol. The zero-order chi connectivity index (χ0) is 13.0. The number of nitrogen functional groups attached to an aromatic ring is 1. The number of rotatable bonds is 4. The number of hydrogen-bond donors (Lipinski definition) is 1. The highest BCUT2D eigenvalue weighted by Gasteiger charge is 2.09. The first-order valence-corrected chi connectivity index (χ1v) is 5.84. The van der Waals surface area contributed by atoms with Crippen LogP contribution in [-0.4, -0.2) is 12.4 Å². The number of hydrogen-bond acceptors (Lipinski definition) is 3. The van der Waals surface area contributed by atoms with Gasteiger partial charge in [0.05, 0.1) is 6.61 Å². The minimum Gasteiger partial charge on any atom is -0.494 e. The Hall–Kier alpha value is -2.29. The molecule has 0 saturated heterocycles. The average molecular weight is 241 g/mol. The highest BCUT2D eigenvalue weighted by Crippen LogP contribution is 2.16. The molecule has 0 fully saturated rings. The van der Waals surface area contributed by atoms with Crippen LogP contribution in [-0.2, 0) is 0 Å². The van der Waals surface area contributed by atoms with Crippen LogP contribution in [0.4, 0.5) is 5.69 Å². The maximum Gasteiger partial charge on any atom is 0.193 e. The molecule has 2 N–H and O–H groups in total. The van der Waals surface area contributed by atoms with E-state index in [0.717, 1.165) is 5.75 Å². The third-order valence-corrected chi connectivity index (χ3v) is 2.58. The van der Waals surface area contributed by atoms with Crippen LogP contribution >= 0.6 is 0 Å². The summed E-state index contributed by atoms with van der Waals surface area (Å²) < 4.78 is 5.33. The van der Waals surface area contributed by atoms with Crippen molar-refractivity contribution in [2.24, 2.45) is 0 Å². The summed E-state index contributed by atoms with van der Waals surface area (Å²) in [6.07, 6.45) is 0. The van der Waals surface area contributed by atoms with E-state index in [1.807, 2.05) is 6.92 Å². The molecule has 3 nitrogen and oxygen atoms in total. The van der Waals surface area contributed by atoms with Gasteiger partial charge in [-0.15, -0.1) is 0 Å². The zero-order valence-electron chi connectivity index (χ0n) is 10.2.